The van der Waals surface area contributed by atoms with Crippen molar-refractivity contribution >= 4 is 23.2 Å². The van der Waals surface area contributed by atoms with E-state index in [1.165, 1.54) is 6.39 Å². The lowest BCUT2D eigenvalue weighted by atomic mass is 10.1. The predicted molar refractivity (Wildman–Crippen MR) is 208 cm³/mol. The number of carbonyl (C=O) groups excluding carboxylic acids is 2. The van der Waals surface area contributed by atoms with Crippen molar-refractivity contribution in [3.8, 4) is 45.1 Å². The van der Waals surface area contributed by atoms with Crippen molar-refractivity contribution in [3.05, 3.63) is 158 Å². The maximum absolute atomic E-state index is 12.8. The molecular weight excluding hydrogens is 711 g/mol. The minimum atomic E-state index is -0.317. The molecule has 0 spiro atoms. The van der Waals surface area contributed by atoms with Crippen LogP contribution >= 0.6 is 0 Å². The van der Waals surface area contributed by atoms with Gasteiger partial charge in [-0.15, -0.1) is 20.4 Å². The fraction of sp³-hybridized carbons (Fsp3) is 0.0732. The van der Waals surface area contributed by atoms with Crippen LogP contribution in [0.1, 0.15) is 33.9 Å². The maximum atomic E-state index is 12.8. The fourth-order valence-electron chi connectivity index (χ4n) is 5.55. The van der Waals surface area contributed by atoms with Gasteiger partial charge >= 0.3 is 0 Å². The van der Waals surface area contributed by atoms with E-state index in [1.807, 2.05) is 67.6 Å². The average Bonchev–Trinajstić information content (AvgIpc) is 3.99. The molecule has 3 N–H and O–H groups in total. The second-order valence-electron chi connectivity index (χ2n) is 12.3. The minimum absolute atomic E-state index is 0.0274. The highest BCUT2D eigenvalue weighted by Crippen LogP contribution is 2.25. The third-order valence-corrected chi connectivity index (χ3v) is 8.39. The normalized spacial score (nSPS) is 11.2. The summed E-state index contributed by atoms with van der Waals surface area (Å²) < 4.78 is 6.97. The smallest absolute Gasteiger partial charge is 0.274 e. The van der Waals surface area contributed by atoms with Crippen LogP contribution in [-0.2, 0) is 0 Å². The lowest BCUT2D eigenvalue weighted by Crippen LogP contribution is -2.14. The van der Waals surface area contributed by atoms with Crippen LogP contribution in [0.15, 0.2) is 151 Å². The number of pyridine rings is 4. The van der Waals surface area contributed by atoms with E-state index in [1.54, 1.807) is 84.5 Å². The Balaban J connectivity index is 0.000000173. The summed E-state index contributed by atoms with van der Waals surface area (Å²) in [4.78, 5) is 41.9. The molecule has 0 radical (unpaired) electrons. The Morgan fingerprint density at radius 1 is 0.661 bits per heavy atom. The number of aromatic nitrogens is 9. The first kappa shape index (κ1) is 36.6. The van der Waals surface area contributed by atoms with Gasteiger partial charge in [0.05, 0.1) is 12.6 Å². The van der Waals surface area contributed by atoms with Crippen molar-refractivity contribution in [1.29, 1.82) is 0 Å². The molecule has 6 aromatic heterocycles. The number of rotatable bonds is 10. The zero-order chi connectivity index (χ0) is 38.7. The van der Waals surface area contributed by atoms with Crippen LogP contribution in [0.4, 0.5) is 11.4 Å². The number of anilines is 2. The molecule has 276 valence electrons. The molecule has 1 atom stereocenters. The van der Waals surface area contributed by atoms with E-state index >= 15 is 0 Å². The summed E-state index contributed by atoms with van der Waals surface area (Å²) in [5.41, 5.74) is 6.90. The van der Waals surface area contributed by atoms with Crippen molar-refractivity contribution in [1.82, 2.24) is 44.9 Å². The zero-order valence-corrected chi connectivity index (χ0v) is 29.8. The Labute approximate surface area is 320 Å². The quantitative estimate of drug-likeness (QED) is 0.135. The molecule has 15 heteroatoms. The number of nitrogens with one attached hydrogen (secondary N) is 2. The van der Waals surface area contributed by atoms with Crippen LogP contribution in [0.2, 0.25) is 0 Å². The summed E-state index contributed by atoms with van der Waals surface area (Å²) in [5, 5.41) is 30.8. The first-order chi connectivity index (χ1) is 27.4. The number of aliphatic hydroxyl groups is 1. The van der Waals surface area contributed by atoms with Crippen LogP contribution in [0.3, 0.4) is 0 Å². The SMILES string of the molecule is CC(CO)n1cnnc1-c1cccc(NC(=O)c2cc(-c3cccnc3)ccn2)c1.O=C(Nc1cccc(-c2nnco2)c1)c1cc(-c2cccnc2)ccn1. The molecule has 2 amide bonds. The second kappa shape index (κ2) is 17.4. The van der Waals surface area contributed by atoms with Crippen molar-refractivity contribution in [2.75, 3.05) is 17.2 Å². The molecule has 0 bridgehead atoms. The number of benzene rings is 2. The van der Waals surface area contributed by atoms with Gasteiger partial charge in [-0.2, -0.15) is 0 Å². The fourth-order valence-corrected chi connectivity index (χ4v) is 5.55. The number of carbonyl (C=O) groups is 2. The first-order valence-corrected chi connectivity index (χ1v) is 17.3. The van der Waals surface area contributed by atoms with Gasteiger partial charge in [-0.05, 0) is 84.8 Å². The molecule has 0 aliphatic carbocycles. The Kier molecular flexibility index (Phi) is 11.3. The first-order valence-electron chi connectivity index (χ1n) is 17.3. The molecule has 0 aliphatic heterocycles. The molecule has 8 aromatic rings. The summed E-state index contributed by atoms with van der Waals surface area (Å²) in [6.07, 6.45) is 12.9. The van der Waals surface area contributed by atoms with Gasteiger partial charge in [0.2, 0.25) is 12.3 Å². The predicted octanol–water partition coefficient (Wildman–Crippen LogP) is 6.65. The van der Waals surface area contributed by atoms with Gasteiger partial charge in [0.25, 0.3) is 11.8 Å². The largest absolute Gasteiger partial charge is 0.423 e. The zero-order valence-electron chi connectivity index (χ0n) is 29.8. The summed E-state index contributed by atoms with van der Waals surface area (Å²) in [5.74, 6) is 0.378. The molecule has 56 heavy (non-hydrogen) atoms. The molecule has 0 aliphatic rings. The lowest BCUT2D eigenvalue weighted by Gasteiger charge is -2.13. The van der Waals surface area contributed by atoms with Gasteiger partial charge in [0.1, 0.15) is 17.7 Å². The van der Waals surface area contributed by atoms with E-state index in [9.17, 15) is 14.7 Å². The molecule has 2 aromatic carbocycles. The average molecular weight is 744 g/mol. The van der Waals surface area contributed by atoms with Gasteiger partial charge < -0.3 is 24.7 Å². The number of hydrogen-bond donors (Lipinski definition) is 3. The Hall–Kier alpha value is -7.78. The third-order valence-electron chi connectivity index (χ3n) is 8.39. The number of hydrogen-bond acceptors (Lipinski definition) is 12. The highest BCUT2D eigenvalue weighted by atomic mass is 16.4. The van der Waals surface area contributed by atoms with Crippen molar-refractivity contribution in [2.24, 2.45) is 0 Å². The van der Waals surface area contributed by atoms with E-state index < -0.39 is 0 Å². The van der Waals surface area contributed by atoms with Gasteiger partial charge in [-0.25, -0.2) is 0 Å². The van der Waals surface area contributed by atoms with Crippen molar-refractivity contribution in [3.63, 3.8) is 0 Å². The van der Waals surface area contributed by atoms with Crippen molar-refractivity contribution in [2.45, 2.75) is 13.0 Å². The van der Waals surface area contributed by atoms with Crippen molar-refractivity contribution < 1.29 is 19.1 Å². The molecule has 1 unspecified atom stereocenters. The molecule has 0 saturated heterocycles. The molecule has 15 nitrogen and oxygen atoms in total. The Bertz CT molecular complexity index is 2550. The minimum Gasteiger partial charge on any atom is -0.423 e. The topological polar surface area (TPSA) is 200 Å². The van der Waals surface area contributed by atoms with Crippen LogP contribution in [0.5, 0.6) is 0 Å². The Morgan fingerprint density at radius 3 is 1.77 bits per heavy atom. The number of nitrogens with zero attached hydrogens (tertiary/aromatic N) is 9. The van der Waals surface area contributed by atoms with E-state index in [0.717, 1.165) is 33.4 Å². The van der Waals surface area contributed by atoms with Gasteiger partial charge in [0.15, 0.2) is 5.82 Å². The van der Waals surface area contributed by atoms with E-state index in [-0.39, 0.29) is 24.5 Å². The number of amides is 2. The molecular formula is C41H33N11O4. The van der Waals surface area contributed by atoms with Crippen LogP contribution in [-0.4, -0.2) is 68.4 Å². The summed E-state index contributed by atoms with van der Waals surface area (Å²) in [7, 11) is 0. The van der Waals surface area contributed by atoms with Gasteiger partial charge in [-0.3, -0.25) is 29.5 Å². The van der Waals surface area contributed by atoms with Crippen LogP contribution in [0.25, 0.3) is 45.1 Å². The second-order valence-corrected chi connectivity index (χ2v) is 12.3. The van der Waals surface area contributed by atoms with Crippen LogP contribution < -0.4 is 10.6 Å². The summed E-state index contributed by atoms with van der Waals surface area (Å²) in [6, 6.07) is 29.0. The Morgan fingerprint density at radius 2 is 1.23 bits per heavy atom. The van der Waals surface area contributed by atoms with Gasteiger partial charge in [0, 0.05) is 70.8 Å². The molecule has 6 heterocycles. The standard InChI is InChI=1S/C22H20N6O2.C19H13N5O2/c1-15(13-29)28-14-25-27-21(28)17-4-2-6-19(10-17)26-22(30)20-11-16(7-9-24-20)18-5-3-8-23-12-18;25-18(17-10-13(6-8-21-17)15-4-2-7-20-11-15)23-16-5-1-3-14(9-16)19-24-22-12-26-19/h2-12,14-15,29H,13H2,1H3,(H,26,30);1-12H,(H,23,25). The highest BCUT2D eigenvalue weighted by molar-refractivity contribution is 6.04. The van der Waals surface area contributed by atoms with Crippen LogP contribution in [0, 0.1) is 0 Å². The highest BCUT2D eigenvalue weighted by Gasteiger charge is 2.15. The van der Waals surface area contributed by atoms with E-state index in [2.05, 4.69) is 51.0 Å². The molecule has 0 fully saturated rings. The molecule has 0 saturated carbocycles. The third kappa shape index (κ3) is 8.87. The molecule has 8 rings (SSSR count). The van der Waals surface area contributed by atoms with E-state index in [0.29, 0.717) is 34.5 Å². The summed E-state index contributed by atoms with van der Waals surface area (Å²) >= 11 is 0. The summed E-state index contributed by atoms with van der Waals surface area (Å²) in [6.45, 7) is 1.85. The van der Waals surface area contributed by atoms with E-state index in [4.69, 9.17) is 4.42 Å². The van der Waals surface area contributed by atoms with Gasteiger partial charge in [-0.1, -0.05) is 30.3 Å². The number of aliphatic hydroxyl groups excluding tert-OH is 1. The maximum Gasteiger partial charge on any atom is 0.274 e. The monoisotopic (exact) mass is 743 g/mol. The lowest BCUT2D eigenvalue weighted by molar-refractivity contribution is 0.101.